The summed E-state index contributed by atoms with van der Waals surface area (Å²) in [6, 6.07) is 11.7. The van der Waals surface area contributed by atoms with Crippen LogP contribution in [0.2, 0.25) is 0 Å². The lowest BCUT2D eigenvalue weighted by Gasteiger charge is -2.07. The molecule has 118 valence electrons. The van der Waals surface area contributed by atoms with Gasteiger partial charge in [0.2, 0.25) is 5.91 Å². The number of benzene rings is 2. The Labute approximate surface area is 131 Å². The Morgan fingerprint density at radius 1 is 1.00 bits per heavy atom. The molecule has 0 saturated heterocycles. The Kier molecular flexibility index (Phi) is 4.88. The van der Waals surface area contributed by atoms with Crippen LogP contribution in [0, 0.1) is 10.1 Å². The molecule has 2 aromatic rings. The molecule has 2 aromatic carbocycles. The molecule has 0 unspecified atom stereocenters. The van der Waals surface area contributed by atoms with Gasteiger partial charge in [0.05, 0.1) is 11.3 Å². The van der Waals surface area contributed by atoms with E-state index in [-0.39, 0.29) is 18.0 Å². The van der Waals surface area contributed by atoms with Crippen molar-refractivity contribution in [1.82, 2.24) is 0 Å². The van der Waals surface area contributed by atoms with Crippen LogP contribution in [0.15, 0.2) is 48.5 Å². The number of rotatable bonds is 5. The van der Waals surface area contributed by atoms with Gasteiger partial charge in [0.15, 0.2) is 0 Å². The second-order valence-electron chi connectivity index (χ2n) is 4.68. The highest BCUT2D eigenvalue weighted by Crippen LogP contribution is 2.19. The van der Waals surface area contributed by atoms with Crippen LogP contribution in [0.25, 0.3) is 0 Å². The van der Waals surface area contributed by atoms with Crippen molar-refractivity contribution < 1.29 is 14.5 Å². The molecule has 0 saturated carbocycles. The van der Waals surface area contributed by atoms with E-state index in [1.165, 1.54) is 12.1 Å². The van der Waals surface area contributed by atoms with Crippen molar-refractivity contribution in [3.05, 3.63) is 64.2 Å². The van der Waals surface area contributed by atoms with E-state index in [4.69, 9.17) is 5.73 Å². The van der Waals surface area contributed by atoms with Crippen molar-refractivity contribution in [3.63, 3.8) is 0 Å². The standard InChI is InChI=1S/C15H14N4O4/c16-15(21)18-12-7-5-11(6-8-12)17-14(20)9-10-3-1-2-4-13(10)19(22)23/h1-8H,9H2,(H,17,20)(H3,16,18,21). The minimum absolute atomic E-state index is 0.0938. The molecule has 23 heavy (non-hydrogen) atoms. The molecule has 8 nitrogen and oxygen atoms in total. The zero-order valence-electron chi connectivity index (χ0n) is 12.0. The molecule has 0 heterocycles. The molecule has 0 atom stereocenters. The number of nitro groups is 1. The van der Waals surface area contributed by atoms with Gasteiger partial charge < -0.3 is 16.4 Å². The number of hydrogen-bond acceptors (Lipinski definition) is 4. The summed E-state index contributed by atoms with van der Waals surface area (Å²) in [7, 11) is 0. The largest absolute Gasteiger partial charge is 0.351 e. The van der Waals surface area contributed by atoms with E-state index in [9.17, 15) is 19.7 Å². The summed E-state index contributed by atoms with van der Waals surface area (Å²) in [6.07, 6.45) is -0.113. The van der Waals surface area contributed by atoms with E-state index in [0.717, 1.165) is 0 Å². The minimum atomic E-state index is -0.682. The predicted octanol–water partition coefficient (Wildman–Crippen LogP) is 2.27. The first-order valence-corrected chi connectivity index (χ1v) is 6.64. The van der Waals surface area contributed by atoms with Crippen LogP contribution >= 0.6 is 0 Å². The number of nitrogens with two attached hydrogens (primary N) is 1. The molecule has 0 bridgehead atoms. The summed E-state index contributed by atoms with van der Waals surface area (Å²) in [4.78, 5) is 33.1. The first-order valence-electron chi connectivity index (χ1n) is 6.64. The quantitative estimate of drug-likeness (QED) is 0.577. The maximum Gasteiger partial charge on any atom is 0.316 e. The van der Waals surface area contributed by atoms with Gasteiger partial charge in [0.1, 0.15) is 0 Å². The monoisotopic (exact) mass is 314 g/mol. The third kappa shape index (κ3) is 4.53. The average molecular weight is 314 g/mol. The number of primary amides is 1. The fourth-order valence-electron chi connectivity index (χ4n) is 2.00. The average Bonchev–Trinajstić information content (AvgIpc) is 2.49. The molecule has 3 amide bonds. The molecule has 0 aromatic heterocycles. The Morgan fingerprint density at radius 3 is 2.13 bits per heavy atom. The second-order valence-corrected chi connectivity index (χ2v) is 4.68. The van der Waals surface area contributed by atoms with Crippen molar-refractivity contribution in [2.45, 2.75) is 6.42 Å². The summed E-state index contributed by atoms with van der Waals surface area (Å²) in [5.41, 5.74) is 6.23. The molecule has 0 aliphatic heterocycles. The van der Waals surface area contributed by atoms with Gasteiger partial charge in [0, 0.05) is 23.0 Å². The van der Waals surface area contributed by atoms with E-state index >= 15 is 0 Å². The fourth-order valence-corrected chi connectivity index (χ4v) is 2.00. The lowest BCUT2D eigenvalue weighted by atomic mass is 10.1. The number of urea groups is 1. The summed E-state index contributed by atoms with van der Waals surface area (Å²) < 4.78 is 0. The maximum absolute atomic E-state index is 12.0. The molecule has 0 aliphatic carbocycles. The van der Waals surface area contributed by atoms with Gasteiger partial charge in [-0.2, -0.15) is 0 Å². The van der Waals surface area contributed by atoms with Crippen molar-refractivity contribution in [2.75, 3.05) is 10.6 Å². The van der Waals surface area contributed by atoms with Crippen LogP contribution in [0.3, 0.4) is 0 Å². The number of nitro benzene ring substituents is 1. The Bertz CT molecular complexity index is 743. The molecular weight excluding hydrogens is 300 g/mol. The van der Waals surface area contributed by atoms with Crippen molar-refractivity contribution >= 4 is 29.0 Å². The summed E-state index contributed by atoms with van der Waals surface area (Å²) in [5, 5.41) is 15.9. The zero-order chi connectivity index (χ0) is 16.8. The van der Waals surface area contributed by atoms with Gasteiger partial charge in [-0.15, -0.1) is 0 Å². The van der Waals surface area contributed by atoms with Gasteiger partial charge in [-0.1, -0.05) is 18.2 Å². The first kappa shape index (κ1) is 16.0. The Hall–Kier alpha value is -3.42. The third-order valence-electron chi connectivity index (χ3n) is 2.98. The first-order chi connectivity index (χ1) is 11.0. The van der Waals surface area contributed by atoms with E-state index in [0.29, 0.717) is 16.9 Å². The number of carbonyl (C=O) groups excluding carboxylic acids is 2. The van der Waals surface area contributed by atoms with Crippen LogP contribution < -0.4 is 16.4 Å². The smallest absolute Gasteiger partial charge is 0.316 e. The van der Waals surface area contributed by atoms with Crippen LogP contribution in [0.5, 0.6) is 0 Å². The summed E-state index contributed by atoms with van der Waals surface area (Å²) in [6.45, 7) is 0. The highest BCUT2D eigenvalue weighted by molar-refractivity contribution is 5.93. The second kappa shape index (κ2) is 7.03. The molecule has 0 aliphatic rings. The van der Waals surface area contributed by atoms with Crippen LogP contribution in [-0.2, 0) is 11.2 Å². The SMILES string of the molecule is NC(=O)Nc1ccc(NC(=O)Cc2ccccc2[N+](=O)[O-])cc1. The number of nitrogens with one attached hydrogen (secondary N) is 2. The van der Waals surface area contributed by atoms with Crippen LogP contribution in [0.4, 0.5) is 21.9 Å². The number of anilines is 2. The van der Waals surface area contributed by atoms with E-state index in [1.54, 1.807) is 36.4 Å². The van der Waals surface area contributed by atoms with Gasteiger partial charge >= 0.3 is 6.03 Å². The molecule has 8 heteroatoms. The summed E-state index contributed by atoms with van der Waals surface area (Å²) in [5.74, 6) is -0.380. The molecule has 4 N–H and O–H groups in total. The predicted molar refractivity (Wildman–Crippen MR) is 85.1 cm³/mol. The molecular formula is C15H14N4O4. The molecule has 2 rings (SSSR count). The third-order valence-corrected chi connectivity index (χ3v) is 2.98. The van der Waals surface area contributed by atoms with Gasteiger partial charge in [0.25, 0.3) is 5.69 Å². The van der Waals surface area contributed by atoms with Crippen molar-refractivity contribution in [2.24, 2.45) is 5.73 Å². The maximum atomic E-state index is 12.0. The van der Waals surface area contributed by atoms with E-state index < -0.39 is 11.0 Å². The van der Waals surface area contributed by atoms with Crippen molar-refractivity contribution in [3.8, 4) is 0 Å². The normalized spacial score (nSPS) is 9.91. The topological polar surface area (TPSA) is 127 Å². The lowest BCUT2D eigenvalue weighted by Crippen LogP contribution is -2.19. The zero-order valence-corrected chi connectivity index (χ0v) is 12.0. The van der Waals surface area contributed by atoms with Gasteiger partial charge in [-0.25, -0.2) is 4.79 Å². The van der Waals surface area contributed by atoms with Gasteiger partial charge in [-0.05, 0) is 24.3 Å². The van der Waals surface area contributed by atoms with Gasteiger partial charge in [-0.3, -0.25) is 14.9 Å². The fraction of sp³-hybridized carbons (Fsp3) is 0.0667. The number of hydrogen-bond donors (Lipinski definition) is 3. The number of nitrogens with zero attached hydrogens (tertiary/aromatic N) is 1. The van der Waals surface area contributed by atoms with Crippen LogP contribution in [0.1, 0.15) is 5.56 Å². The van der Waals surface area contributed by atoms with E-state index in [1.807, 2.05) is 0 Å². The van der Waals surface area contributed by atoms with Crippen molar-refractivity contribution in [1.29, 1.82) is 0 Å². The summed E-state index contributed by atoms with van der Waals surface area (Å²) >= 11 is 0. The Morgan fingerprint density at radius 2 is 1.57 bits per heavy atom. The van der Waals surface area contributed by atoms with E-state index in [2.05, 4.69) is 10.6 Å². The molecule has 0 radical (unpaired) electrons. The molecule has 0 fully saturated rings. The number of para-hydroxylation sites is 1. The highest BCUT2D eigenvalue weighted by Gasteiger charge is 2.15. The number of carbonyl (C=O) groups is 2. The minimum Gasteiger partial charge on any atom is -0.351 e. The highest BCUT2D eigenvalue weighted by atomic mass is 16.6. The lowest BCUT2D eigenvalue weighted by molar-refractivity contribution is -0.385. The van der Waals surface area contributed by atoms with Crippen LogP contribution in [-0.4, -0.2) is 16.9 Å². The number of amides is 3. The Balaban J connectivity index is 2.02. The molecule has 0 spiro atoms.